The number of carbonyl (C=O) groups excluding carboxylic acids is 2. The van der Waals surface area contributed by atoms with Crippen LogP contribution < -0.4 is 10.9 Å². The largest absolute Gasteiger partial charge is 0.351 e. The third kappa shape index (κ3) is 4.33. The Morgan fingerprint density at radius 2 is 2.04 bits per heavy atom. The zero-order valence-corrected chi connectivity index (χ0v) is 13.0. The lowest BCUT2D eigenvalue weighted by Gasteiger charge is -2.03. The Kier molecular flexibility index (Phi) is 5.02. The van der Waals surface area contributed by atoms with Gasteiger partial charge >= 0.3 is 0 Å². The van der Waals surface area contributed by atoms with Crippen LogP contribution >= 0.6 is 11.3 Å². The number of nitro groups is 1. The van der Waals surface area contributed by atoms with Crippen LogP contribution in [-0.4, -0.2) is 21.2 Å². The van der Waals surface area contributed by atoms with E-state index in [9.17, 15) is 24.5 Å². The van der Waals surface area contributed by atoms with Crippen molar-refractivity contribution in [2.45, 2.75) is 20.0 Å². The molecule has 2 rings (SSSR count). The number of hydrogen-bond donors (Lipinski definition) is 1. The number of rotatable bonds is 6. The van der Waals surface area contributed by atoms with Crippen molar-refractivity contribution in [2.75, 3.05) is 0 Å². The molecule has 0 saturated carbocycles. The van der Waals surface area contributed by atoms with Gasteiger partial charge in [-0.3, -0.25) is 24.5 Å². The maximum atomic E-state index is 12.2. The minimum absolute atomic E-state index is 0.172. The second-order valence-electron chi connectivity index (χ2n) is 4.71. The number of Topliss-reactive ketones (excluding diaryl/α,β-unsaturated/α-hetero) is 1. The highest BCUT2D eigenvalue weighted by molar-refractivity contribution is 7.14. The first-order valence-electron chi connectivity index (χ1n) is 6.58. The quantitative estimate of drug-likeness (QED) is 0.486. The van der Waals surface area contributed by atoms with E-state index in [0.29, 0.717) is 11.4 Å². The highest BCUT2D eigenvalue weighted by Crippen LogP contribution is 2.17. The molecular formula is C14H13N3O5S. The maximum absolute atomic E-state index is 12.2. The highest BCUT2D eigenvalue weighted by Gasteiger charge is 2.14. The lowest BCUT2D eigenvalue weighted by atomic mass is 10.3. The molecule has 0 radical (unpaired) electrons. The number of nitrogens with one attached hydrogen (secondary N) is 1. The number of nitrogens with zero attached hydrogens (tertiary/aromatic N) is 2. The maximum Gasteiger partial charge on any atom is 0.285 e. The Balaban J connectivity index is 2.13. The van der Waals surface area contributed by atoms with Crippen LogP contribution in [0.4, 0.5) is 5.69 Å². The van der Waals surface area contributed by atoms with Crippen LogP contribution in [0.5, 0.6) is 0 Å². The third-order valence-electron chi connectivity index (χ3n) is 2.94. The first-order chi connectivity index (χ1) is 10.9. The molecule has 0 fully saturated rings. The summed E-state index contributed by atoms with van der Waals surface area (Å²) in [6.45, 7) is 1.44. The number of carbonyl (C=O) groups is 2. The Morgan fingerprint density at radius 3 is 2.70 bits per heavy atom. The molecule has 0 aliphatic heterocycles. The number of amides is 1. The van der Waals surface area contributed by atoms with Crippen LogP contribution in [-0.2, 0) is 17.9 Å². The van der Waals surface area contributed by atoms with Crippen molar-refractivity contribution in [1.82, 2.24) is 9.88 Å². The van der Waals surface area contributed by atoms with Crippen molar-refractivity contribution in [3.05, 3.63) is 60.7 Å². The van der Waals surface area contributed by atoms with Crippen LogP contribution in [0.1, 0.15) is 21.5 Å². The summed E-state index contributed by atoms with van der Waals surface area (Å²) in [7, 11) is 0. The summed E-state index contributed by atoms with van der Waals surface area (Å²) >= 11 is 1.21. The Hall–Kier alpha value is -2.81. The monoisotopic (exact) mass is 335 g/mol. The Labute approximate surface area is 134 Å². The molecular weight excluding hydrogens is 322 g/mol. The molecule has 9 heteroatoms. The summed E-state index contributed by atoms with van der Waals surface area (Å²) in [5.74, 6) is -0.499. The van der Waals surface area contributed by atoms with Crippen LogP contribution in [0.2, 0.25) is 0 Å². The van der Waals surface area contributed by atoms with Crippen molar-refractivity contribution in [3.63, 3.8) is 0 Å². The highest BCUT2D eigenvalue weighted by atomic mass is 32.1. The van der Waals surface area contributed by atoms with Crippen molar-refractivity contribution >= 4 is 28.7 Å². The lowest BCUT2D eigenvalue weighted by Crippen LogP contribution is -2.23. The van der Waals surface area contributed by atoms with E-state index < -0.39 is 10.5 Å². The van der Waals surface area contributed by atoms with Crippen molar-refractivity contribution in [3.8, 4) is 0 Å². The molecule has 0 aromatic carbocycles. The smallest absolute Gasteiger partial charge is 0.285 e. The van der Waals surface area contributed by atoms with Gasteiger partial charge in [-0.15, -0.1) is 11.3 Å². The van der Waals surface area contributed by atoms with Gasteiger partial charge in [0.05, 0.1) is 29.1 Å². The Bertz CT molecular complexity index is 824. The first-order valence-corrected chi connectivity index (χ1v) is 7.39. The summed E-state index contributed by atoms with van der Waals surface area (Å²) in [6, 6.07) is 5.47. The summed E-state index contributed by atoms with van der Waals surface area (Å²) < 4.78 is 1.01. The topological polar surface area (TPSA) is 111 Å². The van der Waals surface area contributed by atoms with Crippen LogP contribution in [0.25, 0.3) is 0 Å². The summed E-state index contributed by atoms with van der Waals surface area (Å²) in [5.41, 5.74) is -0.742. The summed E-state index contributed by atoms with van der Waals surface area (Å²) in [5, 5.41) is 13.3. The zero-order chi connectivity index (χ0) is 17.0. The second kappa shape index (κ2) is 6.97. The van der Waals surface area contributed by atoms with Gasteiger partial charge in [0.15, 0.2) is 5.78 Å². The molecule has 120 valence electrons. The van der Waals surface area contributed by atoms with E-state index in [1.54, 1.807) is 12.1 Å². The molecule has 0 aliphatic carbocycles. The predicted octanol–water partition coefficient (Wildman–Crippen LogP) is 1.34. The number of ketones is 1. The molecule has 2 aromatic rings. The average Bonchev–Trinajstić information content (AvgIpc) is 2.96. The molecule has 2 aromatic heterocycles. The molecule has 8 nitrogen and oxygen atoms in total. The molecule has 23 heavy (non-hydrogen) atoms. The van der Waals surface area contributed by atoms with Crippen LogP contribution in [0.15, 0.2) is 35.3 Å². The molecule has 0 aliphatic rings. The lowest BCUT2D eigenvalue weighted by molar-refractivity contribution is -0.385. The minimum atomic E-state index is -0.628. The summed E-state index contributed by atoms with van der Waals surface area (Å²) in [6.07, 6.45) is 1.05. The van der Waals surface area contributed by atoms with Crippen LogP contribution in [0.3, 0.4) is 0 Å². The van der Waals surface area contributed by atoms with Gasteiger partial charge in [0, 0.05) is 23.9 Å². The van der Waals surface area contributed by atoms with Gasteiger partial charge in [-0.1, -0.05) is 0 Å². The number of aromatic nitrogens is 1. The fourth-order valence-corrected chi connectivity index (χ4v) is 2.69. The number of hydrogen-bond acceptors (Lipinski definition) is 6. The van der Waals surface area contributed by atoms with Crippen LogP contribution in [0, 0.1) is 10.1 Å². The predicted molar refractivity (Wildman–Crippen MR) is 83.5 cm³/mol. The normalized spacial score (nSPS) is 10.3. The van der Waals surface area contributed by atoms with Crippen molar-refractivity contribution in [2.24, 2.45) is 0 Å². The molecule has 1 N–H and O–H groups in total. The third-order valence-corrected chi connectivity index (χ3v) is 4.07. The molecule has 2 heterocycles. The van der Waals surface area contributed by atoms with E-state index in [-0.39, 0.29) is 23.9 Å². The van der Waals surface area contributed by atoms with Crippen molar-refractivity contribution < 1.29 is 14.5 Å². The van der Waals surface area contributed by atoms with Gasteiger partial charge in [-0.25, -0.2) is 0 Å². The molecule has 0 bridgehead atoms. The van der Waals surface area contributed by atoms with Gasteiger partial charge in [-0.05, 0) is 12.1 Å². The molecule has 0 spiro atoms. The minimum Gasteiger partial charge on any atom is -0.351 e. The molecule has 0 unspecified atom stereocenters. The van der Waals surface area contributed by atoms with Gasteiger partial charge in [-0.2, -0.15) is 0 Å². The van der Waals surface area contributed by atoms with Crippen molar-refractivity contribution in [1.29, 1.82) is 0 Å². The Morgan fingerprint density at radius 1 is 1.30 bits per heavy atom. The van der Waals surface area contributed by atoms with Gasteiger partial charge in [0.25, 0.3) is 11.2 Å². The SMILES string of the molecule is CC(=O)NCc1ccc(C(=O)Cn2cc([N+](=O)[O-])ccc2=O)s1. The van der Waals surface area contributed by atoms with E-state index in [1.807, 2.05) is 0 Å². The van der Waals surface area contributed by atoms with E-state index in [2.05, 4.69) is 5.32 Å². The molecule has 0 saturated heterocycles. The van der Waals surface area contributed by atoms with E-state index in [4.69, 9.17) is 0 Å². The number of pyridine rings is 1. The summed E-state index contributed by atoms with van der Waals surface area (Å²) in [4.78, 5) is 46.1. The van der Waals surface area contributed by atoms with Gasteiger partial charge in [0.1, 0.15) is 0 Å². The van der Waals surface area contributed by atoms with E-state index in [0.717, 1.165) is 27.8 Å². The molecule has 0 atom stereocenters. The first kappa shape index (κ1) is 16.6. The fraction of sp³-hybridized carbons (Fsp3) is 0.214. The second-order valence-corrected chi connectivity index (χ2v) is 5.88. The fourth-order valence-electron chi connectivity index (χ4n) is 1.82. The van der Waals surface area contributed by atoms with E-state index >= 15 is 0 Å². The number of thiophene rings is 1. The van der Waals surface area contributed by atoms with Gasteiger partial charge in [0.2, 0.25) is 5.91 Å². The zero-order valence-electron chi connectivity index (χ0n) is 12.1. The van der Waals surface area contributed by atoms with Gasteiger partial charge < -0.3 is 9.88 Å². The average molecular weight is 335 g/mol. The molecule has 1 amide bonds. The van der Waals surface area contributed by atoms with E-state index in [1.165, 1.54) is 18.3 Å². The standard InChI is InChI=1S/C14H13N3O5S/c1-9(18)15-6-11-3-4-13(23-11)12(19)8-16-7-10(17(21)22)2-5-14(16)20/h2-5,7H,6,8H2,1H3,(H,15,18).